The van der Waals surface area contributed by atoms with Gasteiger partial charge in [-0.25, -0.2) is 14.7 Å². The first kappa shape index (κ1) is 11.7. The van der Waals surface area contributed by atoms with Gasteiger partial charge in [0.25, 0.3) is 0 Å². The molecule has 0 aliphatic carbocycles. The van der Waals surface area contributed by atoms with Crippen molar-refractivity contribution in [3.05, 3.63) is 23.3 Å². The third kappa shape index (κ3) is 2.16. The van der Waals surface area contributed by atoms with Crippen molar-refractivity contribution in [1.29, 1.82) is 0 Å². The molecule has 0 aromatic heterocycles. The summed E-state index contributed by atoms with van der Waals surface area (Å²) in [6.07, 6.45) is 0. The average Bonchev–Trinajstić information content (AvgIpc) is 2.21. The molecule has 15 heavy (non-hydrogen) atoms. The highest BCUT2D eigenvalue weighted by Crippen LogP contribution is 2.35. The molecule has 0 fully saturated rings. The molecule has 84 valence electrons. The summed E-state index contributed by atoms with van der Waals surface area (Å²) in [4.78, 5) is 4.29. The molecule has 0 unspecified atom stereocenters. The van der Waals surface area contributed by atoms with Crippen molar-refractivity contribution in [2.75, 3.05) is 14.2 Å². The maximum atomic E-state index is 13.3. The fraction of sp³-hybridized carbons (Fsp3) is 0.333. The minimum Gasteiger partial charge on any atom is -0.492 e. The molecule has 1 rings (SSSR count). The SMILES string of the molecule is COc1c(F)cc(F)c(CON)c1OC. The minimum absolute atomic E-state index is 0.0123. The molecule has 0 saturated carbocycles. The average molecular weight is 219 g/mol. The lowest BCUT2D eigenvalue weighted by Gasteiger charge is -2.13. The van der Waals surface area contributed by atoms with Crippen LogP contribution in [0.25, 0.3) is 0 Å². The number of ether oxygens (including phenoxy) is 2. The van der Waals surface area contributed by atoms with Gasteiger partial charge in [-0.1, -0.05) is 0 Å². The Morgan fingerprint density at radius 3 is 2.20 bits per heavy atom. The molecule has 0 saturated heterocycles. The van der Waals surface area contributed by atoms with Crippen molar-refractivity contribution in [3.8, 4) is 11.5 Å². The summed E-state index contributed by atoms with van der Waals surface area (Å²) < 4.78 is 36.1. The van der Waals surface area contributed by atoms with Gasteiger partial charge in [-0.2, -0.15) is 0 Å². The summed E-state index contributed by atoms with van der Waals surface area (Å²) in [5, 5.41) is 0. The van der Waals surface area contributed by atoms with Gasteiger partial charge in [-0.3, -0.25) is 4.84 Å². The van der Waals surface area contributed by atoms with Crippen molar-refractivity contribution >= 4 is 0 Å². The van der Waals surface area contributed by atoms with E-state index in [0.717, 1.165) is 0 Å². The molecule has 0 aliphatic rings. The van der Waals surface area contributed by atoms with E-state index in [0.29, 0.717) is 6.07 Å². The van der Waals surface area contributed by atoms with Gasteiger partial charge in [-0.05, 0) is 0 Å². The van der Waals surface area contributed by atoms with Crippen LogP contribution in [0.3, 0.4) is 0 Å². The van der Waals surface area contributed by atoms with Crippen LogP contribution in [0.15, 0.2) is 6.07 Å². The van der Waals surface area contributed by atoms with Crippen LogP contribution in [0.2, 0.25) is 0 Å². The smallest absolute Gasteiger partial charge is 0.197 e. The molecule has 0 amide bonds. The zero-order valence-corrected chi connectivity index (χ0v) is 8.34. The lowest BCUT2D eigenvalue weighted by Crippen LogP contribution is -2.06. The molecule has 4 nitrogen and oxygen atoms in total. The summed E-state index contributed by atoms with van der Waals surface area (Å²) in [5.74, 6) is 2.96. The number of nitrogens with two attached hydrogens (primary N) is 1. The number of rotatable bonds is 4. The third-order valence-corrected chi connectivity index (χ3v) is 1.87. The summed E-state index contributed by atoms with van der Waals surface area (Å²) in [6.45, 7) is -0.231. The molecule has 0 heterocycles. The maximum absolute atomic E-state index is 13.3. The predicted octanol–water partition coefficient (Wildman–Crippen LogP) is 1.37. The number of halogens is 2. The second kappa shape index (κ2) is 4.90. The fourth-order valence-corrected chi connectivity index (χ4v) is 1.24. The standard InChI is InChI=1S/C9H11F2NO3/c1-13-8-5(4-15-12)6(10)3-7(11)9(8)14-2/h3H,4,12H2,1-2H3. The topological polar surface area (TPSA) is 53.7 Å². The van der Waals surface area contributed by atoms with E-state index in [1.807, 2.05) is 0 Å². The van der Waals surface area contributed by atoms with Gasteiger partial charge in [0.1, 0.15) is 5.82 Å². The van der Waals surface area contributed by atoms with E-state index in [9.17, 15) is 8.78 Å². The zero-order chi connectivity index (χ0) is 11.4. The van der Waals surface area contributed by atoms with Crippen LogP contribution in [-0.4, -0.2) is 14.2 Å². The lowest BCUT2D eigenvalue weighted by molar-refractivity contribution is 0.118. The Labute approximate surface area is 85.5 Å². The van der Waals surface area contributed by atoms with Gasteiger partial charge < -0.3 is 9.47 Å². The molecular formula is C9H11F2NO3. The van der Waals surface area contributed by atoms with Crippen LogP contribution in [0, 0.1) is 11.6 Å². The second-order valence-electron chi connectivity index (χ2n) is 2.70. The Morgan fingerprint density at radius 1 is 1.13 bits per heavy atom. The van der Waals surface area contributed by atoms with E-state index in [1.54, 1.807) is 0 Å². The molecular weight excluding hydrogens is 208 g/mol. The quantitative estimate of drug-likeness (QED) is 0.777. The highest BCUT2D eigenvalue weighted by atomic mass is 19.1. The highest BCUT2D eigenvalue weighted by Gasteiger charge is 2.20. The largest absolute Gasteiger partial charge is 0.492 e. The van der Waals surface area contributed by atoms with Crippen LogP contribution >= 0.6 is 0 Å². The van der Waals surface area contributed by atoms with Crippen molar-refractivity contribution in [2.24, 2.45) is 5.90 Å². The van der Waals surface area contributed by atoms with Gasteiger partial charge in [0.15, 0.2) is 17.3 Å². The Balaban J connectivity index is 3.35. The van der Waals surface area contributed by atoms with Gasteiger partial charge in [0.2, 0.25) is 0 Å². The van der Waals surface area contributed by atoms with E-state index in [-0.39, 0.29) is 23.7 Å². The van der Waals surface area contributed by atoms with Crippen LogP contribution in [-0.2, 0) is 11.4 Å². The van der Waals surface area contributed by atoms with Gasteiger partial charge in [0.05, 0.1) is 26.4 Å². The Morgan fingerprint density at radius 2 is 1.73 bits per heavy atom. The number of methoxy groups -OCH3 is 2. The van der Waals surface area contributed by atoms with E-state index < -0.39 is 11.6 Å². The Kier molecular flexibility index (Phi) is 3.81. The first-order valence-corrected chi connectivity index (χ1v) is 4.06. The normalized spacial score (nSPS) is 10.2. The van der Waals surface area contributed by atoms with E-state index in [4.69, 9.17) is 15.4 Å². The van der Waals surface area contributed by atoms with Crippen molar-refractivity contribution in [1.82, 2.24) is 0 Å². The van der Waals surface area contributed by atoms with Crippen LogP contribution < -0.4 is 15.4 Å². The van der Waals surface area contributed by atoms with Crippen LogP contribution in [0.1, 0.15) is 5.56 Å². The Hall–Kier alpha value is -1.40. The van der Waals surface area contributed by atoms with E-state index in [2.05, 4.69) is 4.84 Å². The van der Waals surface area contributed by atoms with Gasteiger partial charge in [0, 0.05) is 6.07 Å². The predicted molar refractivity (Wildman–Crippen MR) is 48.4 cm³/mol. The van der Waals surface area contributed by atoms with E-state index >= 15 is 0 Å². The van der Waals surface area contributed by atoms with Crippen LogP contribution in [0.4, 0.5) is 8.78 Å². The van der Waals surface area contributed by atoms with E-state index in [1.165, 1.54) is 14.2 Å². The van der Waals surface area contributed by atoms with Gasteiger partial charge >= 0.3 is 0 Å². The number of benzene rings is 1. The minimum atomic E-state index is -0.840. The van der Waals surface area contributed by atoms with Crippen molar-refractivity contribution < 1.29 is 23.1 Å². The lowest BCUT2D eigenvalue weighted by atomic mass is 10.1. The third-order valence-electron chi connectivity index (χ3n) is 1.87. The fourth-order valence-electron chi connectivity index (χ4n) is 1.24. The maximum Gasteiger partial charge on any atom is 0.197 e. The molecule has 1 aromatic rings. The molecule has 2 N–H and O–H groups in total. The molecule has 0 radical (unpaired) electrons. The molecule has 0 spiro atoms. The Bertz CT molecular complexity index is 358. The molecule has 0 atom stereocenters. The first-order chi connectivity index (χ1) is 7.15. The van der Waals surface area contributed by atoms with Crippen molar-refractivity contribution in [3.63, 3.8) is 0 Å². The molecule has 0 aliphatic heterocycles. The van der Waals surface area contributed by atoms with Gasteiger partial charge in [-0.15, -0.1) is 0 Å². The summed E-state index contributed by atoms with van der Waals surface area (Å²) >= 11 is 0. The summed E-state index contributed by atoms with van der Waals surface area (Å²) in [5.41, 5.74) is 0.0123. The highest BCUT2D eigenvalue weighted by molar-refractivity contribution is 5.48. The zero-order valence-electron chi connectivity index (χ0n) is 8.34. The first-order valence-electron chi connectivity index (χ1n) is 4.06. The monoisotopic (exact) mass is 219 g/mol. The number of hydrogen-bond donors (Lipinski definition) is 1. The van der Waals surface area contributed by atoms with Crippen molar-refractivity contribution in [2.45, 2.75) is 6.61 Å². The summed E-state index contributed by atoms with van der Waals surface area (Å²) in [7, 11) is 2.53. The molecule has 6 heteroatoms. The molecule has 0 bridgehead atoms. The van der Waals surface area contributed by atoms with Crippen LogP contribution in [0.5, 0.6) is 11.5 Å². The second-order valence-corrected chi connectivity index (χ2v) is 2.70. The molecule has 1 aromatic carbocycles. The summed E-state index contributed by atoms with van der Waals surface area (Å²) in [6, 6.07) is 0.690. The number of hydrogen-bond acceptors (Lipinski definition) is 4.